The lowest BCUT2D eigenvalue weighted by Crippen LogP contribution is -2.38. The molecule has 1 aliphatic heterocycles. The lowest BCUT2D eigenvalue weighted by molar-refractivity contribution is -0.130. The van der Waals surface area contributed by atoms with Gasteiger partial charge in [-0.25, -0.2) is 0 Å². The van der Waals surface area contributed by atoms with Gasteiger partial charge in [0.1, 0.15) is 11.9 Å². The van der Waals surface area contributed by atoms with Crippen LogP contribution in [-0.2, 0) is 4.79 Å². The molecule has 3 rings (SSSR count). The van der Waals surface area contributed by atoms with Crippen molar-refractivity contribution in [2.24, 2.45) is 5.92 Å². The fourth-order valence-corrected chi connectivity index (χ4v) is 3.43. The maximum Gasteiger partial charge on any atom is 0.238 e. The van der Waals surface area contributed by atoms with Crippen LogP contribution < -0.4 is 10.1 Å². The standard InChI is InChI=1S/C16H22N2O2/c1-11-3-6-13(9-11)18-15(19)10-17-16(18)12-4-7-14(20-2)8-5-12/h4-5,7-8,11,13,16-17H,3,6,9-10H2,1-2H3. The molecule has 1 saturated heterocycles. The summed E-state index contributed by atoms with van der Waals surface area (Å²) in [5, 5.41) is 3.34. The molecule has 4 nitrogen and oxygen atoms in total. The second kappa shape index (κ2) is 5.44. The molecular formula is C16H22N2O2. The van der Waals surface area contributed by atoms with Gasteiger partial charge in [0.05, 0.1) is 13.7 Å². The smallest absolute Gasteiger partial charge is 0.238 e. The molecule has 1 heterocycles. The fraction of sp³-hybridized carbons (Fsp3) is 0.562. The summed E-state index contributed by atoms with van der Waals surface area (Å²) >= 11 is 0. The molecule has 2 aliphatic rings. The molecule has 1 amide bonds. The Morgan fingerprint density at radius 1 is 1.25 bits per heavy atom. The highest BCUT2D eigenvalue weighted by Gasteiger charge is 2.39. The molecule has 2 fully saturated rings. The van der Waals surface area contributed by atoms with Crippen molar-refractivity contribution in [2.45, 2.75) is 38.4 Å². The molecular weight excluding hydrogens is 252 g/mol. The SMILES string of the molecule is COc1ccc(C2NCC(=O)N2C2CCC(C)C2)cc1. The highest BCUT2D eigenvalue weighted by Crippen LogP contribution is 2.35. The quantitative estimate of drug-likeness (QED) is 0.919. The molecule has 4 heteroatoms. The first kappa shape index (κ1) is 13.4. The minimum absolute atomic E-state index is 0.0173. The largest absolute Gasteiger partial charge is 0.497 e. The Morgan fingerprint density at radius 3 is 2.60 bits per heavy atom. The van der Waals surface area contributed by atoms with Crippen molar-refractivity contribution < 1.29 is 9.53 Å². The van der Waals surface area contributed by atoms with E-state index in [1.807, 2.05) is 24.3 Å². The van der Waals surface area contributed by atoms with Crippen LogP contribution in [0.15, 0.2) is 24.3 Å². The molecule has 0 aromatic heterocycles. The summed E-state index contributed by atoms with van der Waals surface area (Å²) in [6.45, 7) is 2.72. The highest BCUT2D eigenvalue weighted by atomic mass is 16.5. The van der Waals surface area contributed by atoms with Crippen molar-refractivity contribution in [3.05, 3.63) is 29.8 Å². The molecule has 3 atom stereocenters. The topological polar surface area (TPSA) is 41.6 Å². The van der Waals surface area contributed by atoms with Gasteiger partial charge in [-0.05, 0) is 42.9 Å². The first-order valence-corrected chi connectivity index (χ1v) is 7.37. The molecule has 1 N–H and O–H groups in total. The van der Waals surface area contributed by atoms with Crippen molar-refractivity contribution in [1.29, 1.82) is 0 Å². The van der Waals surface area contributed by atoms with E-state index >= 15 is 0 Å². The Morgan fingerprint density at radius 2 is 2.00 bits per heavy atom. The average molecular weight is 274 g/mol. The third-order valence-corrected chi connectivity index (χ3v) is 4.50. The lowest BCUT2D eigenvalue weighted by Gasteiger charge is -2.30. The third kappa shape index (κ3) is 2.40. The van der Waals surface area contributed by atoms with Crippen LogP contribution in [0.5, 0.6) is 5.75 Å². The summed E-state index contributed by atoms with van der Waals surface area (Å²) < 4.78 is 5.19. The Bertz CT molecular complexity index is 486. The Labute approximate surface area is 120 Å². The van der Waals surface area contributed by atoms with Gasteiger partial charge in [0.25, 0.3) is 0 Å². The number of hydrogen-bond donors (Lipinski definition) is 1. The summed E-state index contributed by atoms with van der Waals surface area (Å²) in [5.74, 6) is 1.80. The predicted molar refractivity (Wildman–Crippen MR) is 77.4 cm³/mol. The molecule has 108 valence electrons. The van der Waals surface area contributed by atoms with Crippen LogP contribution in [0.4, 0.5) is 0 Å². The number of methoxy groups -OCH3 is 1. The van der Waals surface area contributed by atoms with Crippen molar-refractivity contribution in [2.75, 3.05) is 13.7 Å². The Kier molecular flexibility index (Phi) is 3.66. The molecule has 0 bridgehead atoms. The van der Waals surface area contributed by atoms with E-state index in [4.69, 9.17) is 4.74 Å². The fourth-order valence-electron chi connectivity index (χ4n) is 3.43. The van der Waals surface area contributed by atoms with E-state index in [1.54, 1.807) is 7.11 Å². The lowest BCUT2D eigenvalue weighted by atomic mass is 10.1. The van der Waals surface area contributed by atoms with Crippen LogP contribution in [-0.4, -0.2) is 30.5 Å². The van der Waals surface area contributed by atoms with Gasteiger partial charge in [-0.2, -0.15) is 0 Å². The van der Waals surface area contributed by atoms with E-state index in [9.17, 15) is 4.79 Å². The Balaban J connectivity index is 1.81. The van der Waals surface area contributed by atoms with Crippen LogP contribution >= 0.6 is 0 Å². The number of benzene rings is 1. The average Bonchev–Trinajstić information content (AvgIpc) is 3.05. The molecule has 20 heavy (non-hydrogen) atoms. The number of rotatable bonds is 3. The van der Waals surface area contributed by atoms with E-state index in [-0.39, 0.29) is 12.1 Å². The van der Waals surface area contributed by atoms with Crippen molar-refractivity contribution in [1.82, 2.24) is 10.2 Å². The number of nitrogens with one attached hydrogen (secondary N) is 1. The maximum atomic E-state index is 12.2. The van der Waals surface area contributed by atoms with Crippen LogP contribution in [0.1, 0.15) is 37.9 Å². The van der Waals surface area contributed by atoms with Crippen molar-refractivity contribution >= 4 is 5.91 Å². The van der Waals surface area contributed by atoms with Gasteiger partial charge in [0.15, 0.2) is 0 Å². The maximum absolute atomic E-state index is 12.2. The van der Waals surface area contributed by atoms with Crippen molar-refractivity contribution in [3.63, 3.8) is 0 Å². The first-order chi connectivity index (χ1) is 9.69. The second-order valence-electron chi connectivity index (χ2n) is 5.93. The van der Waals surface area contributed by atoms with Gasteiger partial charge in [0.2, 0.25) is 5.91 Å². The summed E-state index contributed by atoms with van der Waals surface area (Å²) in [6, 6.07) is 8.38. The van der Waals surface area contributed by atoms with E-state index in [0.29, 0.717) is 12.6 Å². The van der Waals surface area contributed by atoms with Gasteiger partial charge in [-0.3, -0.25) is 10.1 Å². The number of carbonyl (C=O) groups is 1. The number of hydrogen-bond acceptors (Lipinski definition) is 3. The van der Waals surface area contributed by atoms with Gasteiger partial charge in [-0.1, -0.05) is 19.1 Å². The van der Waals surface area contributed by atoms with Crippen LogP contribution in [0.3, 0.4) is 0 Å². The number of ether oxygens (including phenoxy) is 1. The minimum Gasteiger partial charge on any atom is -0.497 e. The molecule has 0 radical (unpaired) electrons. The van der Waals surface area contributed by atoms with E-state index in [1.165, 1.54) is 6.42 Å². The van der Waals surface area contributed by atoms with Gasteiger partial charge in [0, 0.05) is 6.04 Å². The molecule has 1 aromatic carbocycles. The zero-order chi connectivity index (χ0) is 14.1. The van der Waals surface area contributed by atoms with Crippen LogP contribution in [0, 0.1) is 5.92 Å². The van der Waals surface area contributed by atoms with E-state index < -0.39 is 0 Å². The van der Waals surface area contributed by atoms with Gasteiger partial charge >= 0.3 is 0 Å². The summed E-state index contributed by atoms with van der Waals surface area (Å²) in [5.41, 5.74) is 1.14. The zero-order valence-electron chi connectivity index (χ0n) is 12.1. The molecule has 0 spiro atoms. The number of amides is 1. The summed E-state index contributed by atoms with van der Waals surface area (Å²) in [6.07, 6.45) is 3.49. The van der Waals surface area contributed by atoms with Crippen LogP contribution in [0.2, 0.25) is 0 Å². The molecule has 3 unspecified atom stereocenters. The number of nitrogens with zero attached hydrogens (tertiary/aromatic N) is 1. The van der Waals surface area contributed by atoms with E-state index in [0.717, 1.165) is 30.1 Å². The van der Waals surface area contributed by atoms with Gasteiger partial charge in [-0.15, -0.1) is 0 Å². The minimum atomic E-state index is 0.0173. The van der Waals surface area contributed by atoms with Crippen molar-refractivity contribution in [3.8, 4) is 5.75 Å². The Hall–Kier alpha value is -1.55. The molecule has 1 aliphatic carbocycles. The normalized spacial score (nSPS) is 30.0. The van der Waals surface area contributed by atoms with Gasteiger partial charge < -0.3 is 9.64 Å². The highest BCUT2D eigenvalue weighted by molar-refractivity contribution is 5.81. The second-order valence-corrected chi connectivity index (χ2v) is 5.93. The molecule has 1 aromatic rings. The monoisotopic (exact) mass is 274 g/mol. The summed E-state index contributed by atoms with van der Waals surface area (Å²) in [7, 11) is 1.67. The molecule has 1 saturated carbocycles. The number of carbonyl (C=O) groups excluding carboxylic acids is 1. The predicted octanol–water partition coefficient (Wildman–Crippen LogP) is 2.31. The van der Waals surface area contributed by atoms with Crippen LogP contribution in [0.25, 0.3) is 0 Å². The zero-order valence-corrected chi connectivity index (χ0v) is 12.1. The third-order valence-electron chi connectivity index (χ3n) is 4.50. The summed E-state index contributed by atoms with van der Waals surface area (Å²) in [4.78, 5) is 14.3. The van der Waals surface area contributed by atoms with E-state index in [2.05, 4.69) is 17.1 Å². The first-order valence-electron chi connectivity index (χ1n) is 7.37.